The first-order valence-corrected chi connectivity index (χ1v) is 14.0. The number of halogens is 6. The quantitative estimate of drug-likeness (QED) is 0.183. The van der Waals surface area contributed by atoms with Crippen LogP contribution < -0.4 is 0 Å². The summed E-state index contributed by atoms with van der Waals surface area (Å²) in [6, 6.07) is 12.9. The summed E-state index contributed by atoms with van der Waals surface area (Å²) < 4.78 is 76.3. The van der Waals surface area contributed by atoms with E-state index in [1.807, 2.05) is 19.6 Å². The van der Waals surface area contributed by atoms with E-state index in [-0.39, 0.29) is 27.3 Å². The number of benzene rings is 2. The number of ketones is 1. The van der Waals surface area contributed by atoms with Crippen LogP contribution in [0, 0.1) is 0 Å². The molecule has 0 radical (unpaired) electrons. The lowest BCUT2D eigenvalue weighted by atomic mass is 9.88. The van der Waals surface area contributed by atoms with Gasteiger partial charge in [0.1, 0.15) is 5.69 Å². The molecule has 3 aromatic rings. The fraction of sp³-hybridized carbons (Fsp3) is 0.250. The van der Waals surface area contributed by atoms with Gasteiger partial charge in [-0.2, -0.15) is 13.2 Å². The number of hydrogen-bond donors (Lipinski definition) is 0. The molecule has 3 rings (SSSR count). The van der Waals surface area contributed by atoms with Crippen LogP contribution in [0.1, 0.15) is 39.3 Å². The van der Waals surface area contributed by atoms with Crippen LogP contribution in [0.5, 0.6) is 0 Å². The number of pyridine rings is 1. The molecule has 34 heavy (non-hydrogen) atoms. The molecule has 2 aromatic carbocycles. The second-order valence-electron chi connectivity index (χ2n) is 8.48. The number of nitrogens with zero attached hydrogens (tertiary/aromatic N) is 1. The Labute approximate surface area is 199 Å². The fourth-order valence-corrected chi connectivity index (χ4v) is 4.05. The maximum atomic E-state index is 14.1. The number of rotatable bonds is 7. The van der Waals surface area contributed by atoms with Crippen LogP contribution >= 0.6 is 11.6 Å². The van der Waals surface area contributed by atoms with E-state index in [0.717, 1.165) is 0 Å². The van der Waals surface area contributed by atoms with Crippen LogP contribution in [0.2, 0.25) is 24.7 Å². The predicted octanol–water partition coefficient (Wildman–Crippen LogP) is 7.94. The van der Waals surface area contributed by atoms with Gasteiger partial charge in [0.2, 0.25) is 0 Å². The van der Waals surface area contributed by atoms with E-state index in [9.17, 15) is 26.7 Å². The van der Waals surface area contributed by atoms with Gasteiger partial charge in [0.25, 0.3) is 6.43 Å². The molecule has 0 atom stereocenters. The van der Waals surface area contributed by atoms with Crippen molar-refractivity contribution in [3.05, 3.63) is 87.7 Å². The highest BCUT2D eigenvalue weighted by atomic mass is 35.5. The van der Waals surface area contributed by atoms with E-state index in [1.54, 1.807) is 18.2 Å². The van der Waals surface area contributed by atoms with Crippen molar-refractivity contribution in [3.63, 3.8) is 0 Å². The highest BCUT2D eigenvalue weighted by Crippen LogP contribution is 2.42. The molecule has 0 aliphatic heterocycles. The third kappa shape index (κ3) is 5.89. The van der Waals surface area contributed by atoms with Gasteiger partial charge < -0.3 is 4.43 Å². The van der Waals surface area contributed by atoms with Gasteiger partial charge in [0.15, 0.2) is 19.8 Å². The topological polar surface area (TPSA) is 39.2 Å². The number of carbonyl (C=O) groups is 1. The minimum Gasteiger partial charge on any atom is -0.413 e. The zero-order valence-electron chi connectivity index (χ0n) is 18.5. The predicted molar refractivity (Wildman–Crippen MR) is 123 cm³/mol. The van der Waals surface area contributed by atoms with Crippen molar-refractivity contribution in [1.29, 1.82) is 0 Å². The van der Waals surface area contributed by atoms with E-state index in [4.69, 9.17) is 16.0 Å². The summed E-state index contributed by atoms with van der Waals surface area (Å²) in [7, 11) is -2.28. The Bertz CT molecular complexity index is 1180. The van der Waals surface area contributed by atoms with E-state index in [0.29, 0.717) is 0 Å². The molecule has 180 valence electrons. The smallest absolute Gasteiger partial charge is 0.413 e. The van der Waals surface area contributed by atoms with Crippen LogP contribution in [0.4, 0.5) is 22.0 Å². The zero-order valence-corrected chi connectivity index (χ0v) is 20.3. The van der Waals surface area contributed by atoms with Gasteiger partial charge in [0, 0.05) is 21.7 Å². The molecule has 0 spiro atoms. The Kier molecular flexibility index (Phi) is 7.59. The third-order valence-corrected chi connectivity index (χ3v) is 6.11. The Morgan fingerprint density at radius 2 is 1.62 bits per heavy atom. The maximum absolute atomic E-state index is 14.1. The molecule has 0 amide bonds. The molecular weight excluding hydrogens is 493 g/mol. The Balaban J connectivity index is 2.45. The van der Waals surface area contributed by atoms with Crippen molar-refractivity contribution in [2.24, 2.45) is 0 Å². The highest BCUT2D eigenvalue weighted by molar-refractivity contribution is 6.69. The minimum absolute atomic E-state index is 0.0873. The SMILES string of the molecule is C[Si](C)(C)OCc1c(C(F)F)nc(C(F)(F)F)c(C(=O)c2ccc(Cl)cc2)c1-c1ccccc1. The van der Waals surface area contributed by atoms with Gasteiger partial charge in [-0.3, -0.25) is 4.79 Å². The number of hydrogen-bond acceptors (Lipinski definition) is 3. The first-order valence-electron chi connectivity index (χ1n) is 10.2. The lowest BCUT2D eigenvalue weighted by Gasteiger charge is -2.24. The van der Waals surface area contributed by atoms with Crippen molar-refractivity contribution < 1.29 is 31.2 Å². The van der Waals surface area contributed by atoms with Gasteiger partial charge in [-0.15, -0.1) is 0 Å². The number of alkyl halides is 5. The van der Waals surface area contributed by atoms with Crippen LogP contribution in [0.15, 0.2) is 54.6 Å². The summed E-state index contributed by atoms with van der Waals surface area (Å²) in [5.41, 5.74) is -3.96. The van der Waals surface area contributed by atoms with E-state index in [2.05, 4.69) is 4.98 Å². The fourth-order valence-electron chi connectivity index (χ4n) is 3.35. The summed E-state index contributed by atoms with van der Waals surface area (Å²) in [5, 5.41) is 0.284. The molecule has 0 aliphatic carbocycles. The summed E-state index contributed by atoms with van der Waals surface area (Å²) in [6.45, 7) is 5.03. The van der Waals surface area contributed by atoms with Gasteiger partial charge >= 0.3 is 6.18 Å². The molecular formula is C24H21ClF5NO2Si. The van der Waals surface area contributed by atoms with Gasteiger partial charge in [-0.05, 0) is 49.5 Å². The Morgan fingerprint density at radius 1 is 1.03 bits per heavy atom. The molecule has 0 saturated carbocycles. The molecule has 10 heteroatoms. The minimum atomic E-state index is -5.16. The van der Waals surface area contributed by atoms with Crippen LogP contribution in [0.25, 0.3) is 11.1 Å². The number of aromatic nitrogens is 1. The molecule has 1 aromatic heterocycles. The normalized spacial score (nSPS) is 12.3. The molecule has 0 fully saturated rings. The second-order valence-corrected chi connectivity index (χ2v) is 13.4. The largest absolute Gasteiger partial charge is 0.434 e. The Morgan fingerprint density at radius 3 is 2.12 bits per heavy atom. The van der Waals surface area contributed by atoms with Gasteiger partial charge in [-0.25, -0.2) is 13.8 Å². The first kappa shape index (κ1) is 26.0. The van der Waals surface area contributed by atoms with Gasteiger partial charge in [-0.1, -0.05) is 41.9 Å². The maximum Gasteiger partial charge on any atom is 0.434 e. The second kappa shape index (κ2) is 9.93. The number of carbonyl (C=O) groups excluding carboxylic acids is 1. The molecule has 1 heterocycles. The third-order valence-electron chi connectivity index (χ3n) is 4.85. The van der Waals surface area contributed by atoms with Gasteiger partial charge in [0.05, 0.1) is 12.2 Å². The Hall–Kier alpha value is -2.62. The van der Waals surface area contributed by atoms with E-state index >= 15 is 0 Å². The molecule has 0 N–H and O–H groups in total. The molecule has 0 bridgehead atoms. The van der Waals surface area contributed by atoms with Crippen molar-refractivity contribution in [3.8, 4) is 11.1 Å². The van der Waals surface area contributed by atoms with Crippen LogP contribution in [-0.2, 0) is 17.2 Å². The molecule has 0 unspecified atom stereocenters. The summed E-state index contributed by atoms with van der Waals surface area (Å²) >= 11 is 5.86. The lowest BCUT2D eigenvalue weighted by molar-refractivity contribution is -0.141. The first-order chi connectivity index (χ1) is 15.8. The summed E-state index contributed by atoms with van der Waals surface area (Å²) in [4.78, 5) is 16.8. The van der Waals surface area contributed by atoms with Crippen molar-refractivity contribution in [2.75, 3.05) is 0 Å². The highest BCUT2D eigenvalue weighted by Gasteiger charge is 2.42. The van der Waals surface area contributed by atoms with Crippen molar-refractivity contribution >= 4 is 25.7 Å². The van der Waals surface area contributed by atoms with Crippen LogP contribution in [-0.4, -0.2) is 19.1 Å². The summed E-state index contributed by atoms with van der Waals surface area (Å²) in [5.74, 6) is -1.01. The van der Waals surface area contributed by atoms with E-state index in [1.165, 1.54) is 36.4 Å². The lowest BCUT2D eigenvalue weighted by Crippen LogP contribution is -2.27. The molecule has 0 saturated heterocycles. The van der Waals surface area contributed by atoms with Crippen molar-refractivity contribution in [1.82, 2.24) is 4.98 Å². The molecule has 3 nitrogen and oxygen atoms in total. The summed E-state index contributed by atoms with van der Waals surface area (Å²) in [6.07, 6.45) is -8.48. The van der Waals surface area contributed by atoms with E-state index < -0.39 is 50.3 Å². The van der Waals surface area contributed by atoms with Crippen LogP contribution in [0.3, 0.4) is 0 Å². The average Bonchev–Trinajstić information content (AvgIpc) is 2.76. The molecule has 0 aliphatic rings. The average molecular weight is 514 g/mol. The van der Waals surface area contributed by atoms with Crippen molar-refractivity contribution in [2.45, 2.75) is 38.8 Å². The zero-order chi connectivity index (χ0) is 25.3. The standard InChI is InChI=1S/C24H21ClF5NO2Si/c1-34(2,3)33-13-17-18(14-7-5-4-6-8-14)19(21(32)15-9-11-16(25)12-10-15)22(24(28,29)30)31-20(17)23(26)27/h4-12,23H,13H2,1-3H3. The monoisotopic (exact) mass is 513 g/mol.